The predicted octanol–water partition coefficient (Wildman–Crippen LogP) is 26.6. The molecule has 0 saturated heterocycles. The molecule has 0 heterocycles. The fourth-order valence-electron chi connectivity index (χ4n) is 12.2. The summed E-state index contributed by atoms with van der Waals surface area (Å²) < 4.78 is 10.8. The zero-order valence-corrected chi connectivity index (χ0v) is 55.8. The second-order valence-electron chi connectivity index (χ2n) is 26.1. The smallest absolute Gasteiger partial charge is 0.407 e. The summed E-state index contributed by atoms with van der Waals surface area (Å²) in [5.74, 6) is 0. The fraction of sp³-hybridized carbons (Fsp3) is 0.973. The van der Waals surface area contributed by atoms with Crippen molar-refractivity contribution in [2.45, 2.75) is 444 Å². The van der Waals surface area contributed by atoms with Crippen molar-refractivity contribution < 1.29 is 19.1 Å². The van der Waals surface area contributed by atoms with Crippen molar-refractivity contribution in [2.24, 2.45) is 0 Å². The number of nitrogens with one attached hydrogen (secondary N) is 2. The first-order valence-electron chi connectivity index (χ1n) is 38.0. The van der Waals surface area contributed by atoms with Gasteiger partial charge in [0.15, 0.2) is 0 Å². The van der Waals surface area contributed by atoms with Gasteiger partial charge in [0, 0.05) is 13.1 Å². The molecule has 6 nitrogen and oxygen atoms in total. The van der Waals surface area contributed by atoms with Gasteiger partial charge in [-0.05, 0) is 25.7 Å². The molecule has 81 heavy (non-hydrogen) atoms. The standard InChI is InChI=1S/C75H150N2O4/c1-3-5-7-9-11-13-15-17-19-42-46-50-54-58-62-66-70-76-74(78)80-72-68-64-60-56-52-48-44-40-38-36-34-32-30-28-26-24-22-21-23-25-27-29-31-33-35-37-39-41-45-49-53-57-61-65-69-73-81-75(79)77-71-67-63-59-55-51-47-43-20-18-16-14-12-10-8-6-4-2/h3-73H2,1-2H3,(H,76,78)(H,77,79). The van der Waals surface area contributed by atoms with Crippen LogP contribution >= 0.6 is 0 Å². The molecular formula is C75H150N2O4. The molecule has 0 aromatic carbocycles. The van der Waals surface area contributed by atoms with Crippen LogP contribution < -0.4 is 10.6 Å². The largest absolute Gasteiger partial charge is 0.450 e. The highest BCUT2D eigenvalue weighted by Crippen LogP contribution is 2.20. The summed E-state index contributed by atoms with van der Waals surface area (Å²) >= 11 is 0. The molecule has 484 valence electrons. The first kappa shape index (κ1) is 79.5. The minimum absolute atomic E-state index is 0.219. The maximum Gasteiger partial charge on any atom is 0.407 e. The van der Waals surface area contributed by atoms with E-state index in [9.17, 15) is 9.59 Å². The summed E-state index contributed by atoms with van der Waals surface area (Å²) in [6.45, 7) is 7.24. The van der Waals surface area contributed by atoms with E-state index in [2.05, 4.69) is 24.5 Å². The van der Waals surface area contributed by atoms with Crippen LogP contribution in [0.1, 0.15) is 444 Å². The molecule has 0 saturated carbocycles. The van der Waals surface area contributed by atoms with Gasteiger partial charge in [0.1, 0.15) is 0 Å². The zero-order chi connectivity index (χ0) is 58.2. The van der Waals surface area contributed by atoms with E-state index in [-0.39, 0.29) is 12.2 Å². The number of carbonyl (C=O) groups is 2. The maximum atomic E-state index is 12.0. The van der Waals surface area contributed by atoms with Gasteiger partial charge in [0.2, 0.25) is 0 Å². The van der Waals surface area contributed by atoms with E-state index in [1.807, 2.05) is 0 Å². The number of unbranched alkanes of at least 4 members (excludes halogenated alkanes) is 64. The van der Waals surface area contributed by atoms with Crippen LogP contribution in [-0.4, -0.2) is 38.5 Å². The molecular weight excluding hydrogens is 993 g/mol. The SMILES string of the molecule is CCCCCCCCCCCCCCCCCCNC(=O)OCCCCCCCCCCCCCCCCCCCCCCCCCCCCCCCCCCCCCOC(=O)NCCCCCCCCCCCCCCCCCC. The minimum atomic E-state index is -0.219. The summed E-state index contributed by atoms with van der Waals surface area (Å²) in [6, 6.07) is 0. The Morgan fingerprint density at radius 2 is 0.309 bits per heavy atom. The normalized spacial score (nSPS) is 11.5. The van der Waals surface area contributed by atoms with Gasteiger partial charge in [-0.2, -0.15) is 0 Å². The van der Waals surface area contributed by atoms with E-state index in [0.717, 1.165) is 38.8 Å². The molecule has 2 amide bonds. The lowest BCUT2D eigenvalue weighted by Crippen LogP contribution is -2.25. The van der Waals surface area contributed by atoms with Crippen LogP contribution in [0.4, 0.5) is 9.59 Å². The van der Waals surface area contributed by atoms with Gasteiger partial charge in [0.05, 0.1) is 13.2 Å². The molecule has 0 aliphatic heterocycles. The third-order valence-corrected chi connectivity index (χ3v) is 17.9. The number of carbonyl (C=O) groups excluding carboxylic acids is 2. The van der Waals surface area contributed by atoms with E-state index < -0.39 is 0 Å². The Labute approximate surface area is 509 Å². The molecule has 0 aromatic rings. The lowest BCUT2D eigenvalue weighted by atomic mass is 10.0. The van der Waals surface area contributed by atoms with Crippen LogP contribution in [0, 0.1) is 0 Å². The summed E-state index contributed by atoms with van der Waals surface area (Å²) in [4.78, 5) is 24.0. The highest BCUT2D eigenvalue weighted by Gasteiger charge is 2.05. The molecule has 0 radical (unpaired) electrons. The summed E-state index contributed by atoms with van der Waals surface area (Å²) in [5, 5.41) is 5.91. The number of hydrogen-bond acceptors (Lipinski definition) is 4. The maximum absolute atomic E-state index is 12.0. The minimum Gasteiger partial charge on any atom is -0.450 e. The highest BCUT2D eigenvalue weighted by molar-refractivity contribution is 5.67. The van der Waals surface area contributed by atoms with Crippen molar-refractivity contribution in [3.8, 4) is 0 Å². The Balaban J connectivity index is 3.16. The van der Waals surface area contributed by atoms with E-state index in [1.165, 1.54) is 405 Å². The first-order chi connectivity index (χ1) is 40.2. The Bertz CT molecular complexity index is 1060. The second kappa shape index (κ2) is 74.6. The Morgan fingerprint density at radius 3 is 0.457 bits per heavy atom. The molecule has 0 unspecified atom stereocenters. The molecule has 2 N–H and O–H groups in total. The predicted molar refractivity (Wildman–Crippen MR) is 359 cm³/mol. The molecule has 6 heteroatoms. The molecule has 0 aromatic heterocycles. The van der Waals surface area contributed by atoms with Crippen LogP contribution in [-0.2, 0) is 9.47 Å². The van der Waals surface area contributed by atoms with E-state index in [0.29, 0.717) is 13.2 Å². The van der Waals surface area contributed by atoms with Crippen LogP contribution in [0.3, 0.4) is 0 Å². The van der Waals surface area contributed by atoms with Gasteiger partial charge >= 0.3 is 12.2 Å². The van der Waals surface area contributed by atoms with Gasteiger partial charge in [-0.15, -0.1) is 0 Å². The molecule has 0 aliphatic rings. The van der Waals surface area contributed by atoms with Crippen molar-refractivity contribution in [2.75, 3.05) is 26.3 Å². The summed E-state index contributed by atoms with van der Waals surface area (Å²) in [6.07, 6.45) is 91.9. The summed E-state index contributed by atoms with van der Waals surface area (Å²) in [7, 11) is 0. The van der Waals surface area contributed by atoms with Crippen LogP contribution in [0.15, 0.2) is 0 Å². The van der Waals surface area contributed by atoms with Gasteiger partial charge < -0.3 is 20.1 Å². The average Bonchev–Trinajstić information content (AvgIpc) is 3.47. The lowest BCUT2D eigenvalue weighted by Gasteiger charge is -2.07. The first-order valence-corrected chi connectivity index (χ1v) is 38.0. The highest BCUT2D eigenvalue weighted by atomic mass is 16.6. The molecule has 0 fully saturated rings. The Hall–Kier alpha value is -1.46. The fourth-order valence-corrected chi connectivity index (χ4v) is 12.2. The average molecular weight is 1140 g/mol. The van der Waals surface area contributed by atoms with Crippen LogP contribution in [0.5, 0.6) is 0 Å². The number of ether oxygens (including phenoxy) is 2. The molecule has 0 rings (SSSR count). The van der Waals surface area contributed by atoms with E-state index >= 15 is 0 Å². The number of rotatable bonds is 72. The molecule has 0 spiro atoms. The third kappa shape index (κ3) is 74.6. The van der Waals surface area contributed by atoms with Crippen LogP contribution in [0.2, 0.25) is 0 Å². The van der Waals surface area contributed by atoms with Crippen molar-refractivity contribution in [1.29, 1.82) is 0 Å². The molecule has 0 aliphatic carbocycles. The van der Waals surface area contributed by atoms with E-state index in [1.54, 1.807) is 0 Å². The monoisotopic (exact) mass is 1140 g/mol. The Morgan fingerprint density at radius 1 is 0.185 bits per heavy atom. The third-order valence-electron chi connectivity index (χ3n) is 17.9. The van der Waals surface area contributed by atoms with Crippen molar-refractivity contribution in [3.05, 3.63) is 0 Å². The quantitative estimate of drug-likeness (QED) is 0.0595. The molecule has 0 atom stereocenters. The van der Waals surface area contributed by atoms with Crippen molar-refractivity contribution in [3.63, 3.8) is 0 Å². The van der Waals surface area contributed by atoms with Crippen molar-refractivity contribution in [1.82, 2.24) is 10.6 Å². The molecule has 0 bridgehead atoms. The number of alkyl carbamates (subject to hydrolysis) is 2. The lowest BCUT2D eigenvalue weighted by molar-refractivity contribution is 0.142. The van der Waals surface area contributed by atoms with Crippen molar-refractivity contribution >= 4 is 12.2 Å². The summed E-state index contributed by atoms with van der Waals surface area (Å²) in [5.41, 5.74) is 0. The van der Waals surface area contributed by atoms with Crippen LogP contribution in [0.25, 0.3) is 0 Å². The van der Waals surface area contributed by atoms with Gasteiger partial charge in [-0.3, -0.25) is 0 Å². The number of hydrogen-bond donors (Lipinski definition) is 2. The second-order valence-corrected chi connectivity index (χ2v) is 26.1. The van der Waals surface area contributed by atoms with Gasteiger partial charge in [0.25, 0.3) is 0 Å². The van der Waals surface area contributed by atoms with E-state index in [4.69, 9.17) is 9.47 Å². The zero-order valence-electron chi connectivity index (χ0n) is 55.8. The topological polar surface area (TPSA) is 76.7 Å². The number of amides is 2. The van der Waals surface area contributed by atoms with Gasteiger partial charge in [-0.25, -0.2) is 9.59 Å². The van der Waals surface area contributed by atoms with Gasteiger partial charge in [-0.1, -0.05) is 418 Å². The Kier molecular flexibility index (Phi) is 73.3.